The number of ether oxygens (including phenoxy) is 2. The summed E-state index contributed by atoms with van der Waals surface area (Å²) in [5.74, 6) is 1.25. The average Bonchev–Trinajstić information content (AvgIpc) is 3.04. The van der Waals surface area contributed by atoms with Gasteiger partial charge in [0.2, 0.25) is 0 Å². The Morgan fingerprint density at radius 2 is 2.29 bits per heavy atom. The van der Waals surface area contributed by atoms with Crippen molar-refractivity contribution in [1.29, 1.82) is 0 Å². The van der Waals surface area contributed by atoms with Gasteiger partial charge in [-0.15, -0.1) is 0 Å². The van der Waals surface area contributed by atoms with Gasteiger partial charge in [0.05, 0.1) is 19.9 Å². The molecule has 1 aromatic carbocycles. The maximum atomic E-state index is 12.2. The van der Waals surface area contributed by atoms with Crippen LogP contribution >= 0.6 is 0 Å². The molecule has 0 saturated heterocycles. The normalized spacial score (nSPS) is 16.2. The zero-order valence-corrected chi connectivity index (χ0v) is 13.9. The smallest absolute Gasteiger partial charge is 0.319 e. The van der Waals surface area contributed by atoms with Crippen LogP contribution in [0.25, 0.3) is 0 Å². The van der Waals surface area contributed by atoms with E-state index in [0.717, 1.165) is 19.3 Å². The van der Waals surface area contributed by atoms with Crippen molar-refractivity contribution < 1.29 is 14.3 Å². The number of benzene rings is 1. The third kappa shape index (κ3) is 3.61. The lowest BCUT2D eigenvalue weighted by Gasteiger charge is -2.23. The fourth-order valence-corrected chi connectivity index (χ4v) is 2.91. The van der Waals surface area contributed by atoms with Crippen molar-refractivity contribution in [3.8, 4) is 11.5 Å². The van der Waals surface area contributed by atoms with Crippen LogP contribution in [-0.2, 0) is 12.8 Å². The lowest BCUT2D eigenvalue weighted by atomic mass is 9.94. The molecule has 0 radical (unpaired) electrons. The number of aryl methyl sites for hydroxylation is 1. The summed E-state index contributed by atoms with van der Waals surface area (Å²) in [6.45, 7) is 2.47. The Hall–Kier alpha value is -2.70. The molecule has 7 nitrogen and oxygen atoms in total. The van der Waals surface area contributed by atoms with Crippen LogP contribution in [0.4, 0.5) is 10.5 Å². The number of nitrogens with zero attached hydrogens (tertiary/aromatic N) is 1. The van der Waals surface area contributed by atoms with Gasteiger partial charge >= 0.3 is 6.03 Å². The molecule has 1 aliphatic rings. The number of anilines is 1. The molecule has 0 fully saturated rings. The van der Waals surface area contributed by atoms with Crippen molar-refractivity contribution in [1.82, 2.24) is 15.5 Å². The van der Waals surface area contributed by atoms with Crippen LogP contribution in [0.1, 0.15) is 24.6 Å². The summed E-state index contributed by atoms with van der Waals surface area (Å²) in [5.41, 5.74) is 3.01. The first-order valence-electron chi connectivity index (χ1n) is 8.09. The van der Waals surface area contributed by atoms with Crippen LogP contribution in [0.5, 0.6) is 11.5 Å². The molecule has 0 spiro atoms. The molecule has 3 rings (SSSR count). The number of rotatable bonds is 5. The second-order valence-electron chi connectivity index (χ2n) is 5.71. The molecule has 3 N–H and O–H groups in total. The van der Waals surface area contributed by atoms with Crippen LogP contribution in [0, 0.1) is 0 Å². The molecule has 1 unspecified atom stereocenters. The van der Waals surface area contributed by atoms with Crippen molar-refractivity contribution in [2.24, 2.45) is 0 Å². The number of hydrogen-bond donors (Lipinski definition) is 3. The predicted octanol–water partition coefficient (Wildman–Crippen LogP) is 2.50. The molecule has 7 heteroatoms. The number of aromatic nitrogens is 2. The number of carbonyl (C=O) groups is 1. The van der Waals surface area contributed by atoms with Crippen LogP contribution in [-0.4, -0.2) is 36.0 Å². The van der Waals surface area contributed by atoms with Crippen LogP contribution in [0.3, 0.4) is 0 Å². The Morgan fingerprint density at radius 3 is 3.08 bits per heavy atom. The molecule has 24 heavy (non-hydrogen) atoms. The Morgan fingerprint density at radius 1 is 1.42 bits per heavy atom. The van der Waals surface area contributed by atoms with Gasteiger partial charge in [0.15, 0.2) is 11.5 Å². The molecule has 128 valence electrons. The van der Waals surface area contributed by atoms with E-state index in [1.165, 1.54) is 11.3 Å². The van der Waals surface area contributed by atoms with E-state index in [2.05, 4.69) is 20.8 Å². The molecule has 0 aliphatic heterocycles. The van der Waals surface area contributed by atoms with E-state index in [9.17, 15) is 4.79 Å². The monoisotopic (exact) mass is 330 g/mol. The molecule has 0 bridgehead atoms. The first-order valence-corrected chi connectivity index (χ1v) is 8.09. The maximum Gasteiger partial charge on any atom is 0.319 e. The van der Waals surface area contributed by atoms with Gasteiger partial charge in [-0.25, -0.2) is 4.79 Å². The van der Waals surface area contributed by atoms with Crippen molar-refractivity contribution in [3.05, 3.63) is 35.7 Å². The lowest BCUT2D eigenvalue weighted by Crippen LogP contribution is -2.41. The molecule has 2 aromatic rings. The molecule has 1 aliphatic carbocycles. The van der Waals surface area contributed by atoms with Gasteiger partial charge in [0.25, 0.3) is 0 Å². The standard InChI is InChI=1S/C17H22N4O3/c1-3-24-15-7-5-13(9-16(15)23-2)20-17(22)19-12-4-6-14-11(8-12)10-18-21-14/h5,7,9-10,12H,3-4,6,8H2,1-2H3,(H,18,21)(H2,19,20,22). The van der Waals surface area contributed by atoms with Crippen molar-refractivity contribution >= 4 is 11.7 Å². The third-order valence-electron chi connectivity index (χ3n) is 4.07. The summed E-state index contributed by atoms with van der Waals surface area (Å²) in [5, 5.41) is 12.9. The van der Waals surface area contributed by atoms with Gasteiger partial charge in [-0.05, 0) is 43.9 Å². The average molecular weight is 330 g/mol. The molecule has 1 atom stereocenters. The number of methoxy groups -OCH3 is 1. The van der Waals surface area contributed by atoms with Gasteiger partial charge < -0.3 is 20.1 Å². The van der Waals surface area contributed by atoms with Gasteiger partial charge in [0.1, 0.15) is 0 Å². The number of hydrogen-bond acceptors (Lipinski definition) is 4. The number of carbonyl (C=O) groups excluding carboxylic acids is 1. The van der Waals surface area contributed by atoms with Crippen LogP contribution in [0.15, 0.2) is 24.4 Å². The van der Waals surface area contributed by atoms with Gasteiger partial charge in [-0.3, -0.25) is 5.10 Å². The highest BCUT2D eigenvalue weighted by molar-refractivity contribution is 5.89. The minimum atomic E-state index is -0.224. The van der Waals surface area contributed by atoms with Gasteiger partial charge in [-0.1, -0.05) is 0 Å². The fraction of sp³-hybridized carbons (Fsp3) is 0.412. The number of aromatic amines is 1. The minimum Gasteiger partial charge on any atom is -0.493 e. The zero-order chi connectivity index (χ0) is 16.9. The highest BCUT2D eigenvalue weighted by Gasteiger charge is 2.21. The molecule has 2 amide bonds. The Bertz CT molecular complexity index is 714. The van der Waals surface area contributed by atoms with Crippen LogP contribution < -0.4 is 20.1 Å². The largest absolute Gasteiger partial charge is 0.493 e. The van der Waals surface area contributed by atoms with E-state index in [1.807, 2.05) is 13.1 Å². The zero-order valence-electron chi connectivity index (χ0n) is 13.9. The van der Waals surface area contributed by atoms with E-state index in [0.29, 0.717) is 23.8 Å². The molecule has 1 heterocycles. The second-order valence-corrected chi connectivity index (χ2v) is 5.71. The van der Waals surface area contributed by atoms with Crippen molar-refractivity contribution in [2.75, 3.05) is 19.0 Å². The molecular formula is C17H22N4O3. The van der Waals surface area contributed by atoms with E-state index in [1.54, 1.807) is 25.3 Å². The van der Waals surface area contributed by atoms with E-state index < -0.39 is 0 Å². The topological polar surface area (TPSA) is 88.3 Å². The molecular weight excluding hydrogens is 308 g/mol. The first-order chi connectivity index (χ1) is 11.7. The minimum absolute atomic E-state index is 0.111. The summed E-state index contributed by atoms with van der Waals surface area (Å²) >= 11 is 0. The summed E-state index contributed by atoms with van der Waals surface area (Å²) in [4.78, 5) is 12.2. The van der Waals surface area contributed by atoms with Crippen LogP contribution in [0.2, 0.25) is 0 Å². The number of urea groups is 1. The highest BCUT2D eigenvalue weighted by Crippen LogP contribution is 2.30. The molecule has 0 saturated carbocycles. The van der Waals surface area contributed by atoms with Crippen molar-refractivity contribution in [3.63, 3.8) is 0 Å². The summed E-state index contributed by atoms with van der Waals surface area (Å²) in [6.07, 6.45) is 4.43. The maximum absolute atomic E-state index is 12.2. The third-order valence-corrected chi connectivity index (χ3v) is 4.07. The molecule has 1 aromatic heterocycles. The summed E-state index contributed by atoms with van der Waals surface area (Å²) in [7, 11) is 1.58. The quantitative estimate of drug-likeness (QED) is 0.786. The van der Waals surface area contributed by atoms with E-state index in [4.69, 9.17) is 9.47 Å². The predicted molar refractivity (Wildman–Crippen MR) is 90.7 cm³/mol. The van der Waals surface area contributed by atoms with Gasteiger partial charge in [-0.2, -0.15) is 5.10 Å². The van der Waals surface area contributed by atoms with E-state index in [-0.39, 0.29) is 12.1 Å². The van der Waals surface area contributed by atoms with E-state index >= 15 is 0 Å². The lowest BCUT2D eigenvalue weighted by molar-refractivity contribution is 0.247. The summed E-state index contributed by atoms with van der Waals surface area (Å²) in [6, 6.07) is 5.22. The number of H-pyrrole nitrogens is 1. The summed E-state index contributed by atoms with van der Waals surface area (Å²) < 4.78 is 10.8. The number of nitrogens with one attached hydrogen (secondary N) is 3. The Kier molecular flexibility index (Phi) is 4.88. The number of fused-ring (bicyclic) bond motifs is 1. The van der Waals surface area contributed by atoms with Crippen molar-refractivity contribution in [2.45, 2.75) is 32.2 Å². The second kappa shape index (κ2) is 7.25. The SMILES string of the molecule is CCOc1ccc(NC(=O)NC2CCc3[nH]ncc3C2)cc1OC. The first kappa shape index (κ1) is 16.2. The Labute approximate surface area is 140 Å². The Balaban J connectivity index is 1.59. The highest BCUT2D eigenvalue weighted by atomic mass is 16.5. The van der Waals surface area contributed by atoms with Gasteiger partial charge in [0, 0.05) is 23.5 Å². The number of amides is 2. The fourth-order valence-electron chi connectivity index (χ4n) is 2.91.